The smallest absolute Gasteiger partial charge is 0.141 e. The van der Waals surface area contributed by atoms with Crippen LogP contribution in [0.5, 0.6) is 0 Å². The van der Waals surface area contributed by atoms with Crippen LogP contribution < -0.4 is 5.59 Å². The highest BCUT2D eigenvalue weighted by Crippen LogP contribution is 2.15. The van der Waals surface area contributed by atoms with Crippen LogP contribution in [-0.2, 0) is 0 Å². The molecular formula is C10H6BBrN2. The van der Waals surface area contributed by atoms with Gasteiger partial charge in [-0.15, -0.1) is 0 Å². The highest BCUT2D eigenvalue weighted by molar-refractivity contribution is 9.10. The summed E-state index contributed by atoms with van der Waals surface area (Å²) in [5.41, 5.74) is 2.10. The third-order valence-corrected chi connectivity index (χ3v) is 2.19. The van der Waals surface area contributed by atoms with Crippen molar-refractivity contribution >= 4 is 29.4 Å². The summed E-state index contributed by atoms with van der Waals surface area (Å²) in [7, 11) is 5.58. The second-order valence-electron chi connectivity index (χ2n) is 2.79. The molecule has 0 atom stereocenters. The third kappa shape index (κ3) is 2.01. The first kappa shape index (κ1) is 9.40. The van der Waals surface area contributed by atoms with E-state index >= 15 is 0 Å². The molecule has 2 rings (SSSR count). The Morgan fingerprint density at radius 3 is 2.21 bits per heavy atom. The first-order chi connectivity index (χ1) is 6.75. The number of rotatable bonds is 1. The molecule has 2 heterocycles. The molecule has 0 aromatic carbocycles. The topological polar surface area (TPSA) is 25.8 Å². The van der Waals surface area contributed by atoms with Crippen LogP contribution in [0.1, 0.15) is 0 Å². The molecular weight excluding hydrogens is 239 g/mol. The van der Waals surface area contributed by atoms with E-state index in [9.17, 15) is 0 Å². The maximum Gasteiger partial charge on any atom is 0.141 e. The van der Waals surface area contributed by atoms with E-state index in [0.29, 0.717) is 5.59 Å². The van der Waals surface area contributed by atoms with Gasteiger partial charge in [-0.2, -0.15) is 0 Å². The van der Waals surface area contributed by atoms with Crippen molar-refractivity contribution in [3.8, 4) is 11.4 Å². The first-order valence-electron chi connectivity index (χ1n) is 4.11. The first-order valence-corrected chi connectivity index (χ1v) is 4.90. The predicted octanol–water partition coefficient (Wildman–Crippen LogP) is 1.70. The second-order valence-corrected chi connectivity index (χ2v) is 3.61. The van der Waals surface area contributed by atoms with E-state index in [1.807, 2.05) is 30.3 Å². The molecule has 0 bridgehead atoms. The summed E-state index contributed by atoms with van der Waals surface area (Å²) in [4.78, 5) is 8.46. The Kier molecular flexibility index (Phi) is 2.63. The van der Waals surface area contributed by atoms with Gasteiger partial charge in [0.05, 0.1) is 11.4 Å². The predicted molar refractivity (Wildman–Crippen MR) is 60.6 cm³/mol. The van der Waals surface area contributed by atoms with Crippen LogP contribution in [0.4, 0.5) is 0 Å². The minimum absolute atomic E-state index is 0.504. The van der Waals surface area contributed by atoms with Crippen LogP contribution in [0.2, 0.25) is 0 Å². The molecule has 0 N–H and O–H groups in total. The lowest BCUT2D eigenvalue weighted by Crippen LogP contribution is -2.07. The summed E-state index contributed by atoms with van der Waals surface area (Å²) in [5, 5.41) is 0. The second kappa shape index (κ2) is 3.92. The normalized spacial score (nSPS) is 10.1. The fourth-order valence-electron chi connectivity index (χ4n) is 1.15. The van der Waals surface area contributed by atoms with Gasteiger partial charge in [0.25, 0.3) is 0 Å². The quantitative estimate of drug-likeness (QED) is 0.564. The molecule has 0 amide bonds. The molecule has 0 spiro atoms. The van der Waals surface area contributed by atoms with Gasteiger partial charge >= 0.3 is 0 Å². The number of pyridine rings is 2. The zero-order valence-corrected chi connectivity index (χ0v) is 8.90. The fraction of sp³-hybridized carbons (Fsp3) is 0. The van der Waals surface area contributed by atoms with Crippen LogP contribution in [0, 0.1) is 0 Å². The van der Waals surface area contributed by atoms with E-state index in [1.54, 1.807) is 6.07 Å². The lowest BCUT2D eigenvalue weighted by molar-refractivity contribution is 1.24. The monoisotopic (exact) mass is 244 g/mol. The number of halogens is 1. The van der Waals surface area contributed by atoms with Crippen LogP contribution in [-0.4, -0.2) is 17.8 Å². The van der Waals surface area contributed by atoms with E-state index in [2.05, 4.69) is 25.9 Å². The summed E-state index contributed by atoms with van der Waals surface area (Å²) >= 11 is 3.31. The highest BCUT2D eigenvalue weighted by atomic mass is 79.9. The molecule has 14 heavy (non-hydrogen) atoms. The number of aromatic nitrogens is 2. The molecule has 66 valence electrons. The molecule has 2 nitrogen and oxygen atoms in total. The van der Waals surface area contributed by atoms with Gasteiger partial charge in [0.1, 0.15) is 12.4 Å². The molecule has 0 unspecified atom stereocenters. The maximum atomic E-state index is 5.58. The minimum atomic E-state index is 0.504. The summed E-state index contributed by atoms with van der Waals surface area (Å²) in [6, 6.07) is 11.2. The summed E-state index contributed by atoms with van der Waals surface area (Å²) in [6.45, 7) is 0. The molecule has 0 saturated carbocycles. The molecule has 2 aromatic heterocycles. The van der Waals surface area contributed by atoms with Gasteiger partial charge in [0.2, 0.25) is 0 Å². The molecule has 0 fully saturated rings. The summed E-state index contributed by atoms with van der Waals surface area (Å²) in [5.74, 6) is 0. The highest BCUT2D eigenvalue weighted by Gasteiger charge is 2.00. The lowest BCUT2D eigenvalue weighted by Gasteiger charge is -2.01. The molecule has 0 saturated heterocycles. The molecule has 0 aliphatic carbocycles. The van der Waals surface area contributed by atoms with Crippen molar-refractivity contribution in [2.45, 2.75) is 0 Å². The van der Waals surface area contributed by atoms with Gasteiger partial charge in [-0.05, 0) is 39.7 Å². The Balaban J connectivity index is 2.49. The summed E-state index contributed by atoms with van der Waals surface area (Å²) < 4.78 is 0.791. The van der Waals surface area contributed by atoms with E-state index in [-0.39, 0.29) is 0 Å². The summed E-state index contributed by atoms with van der Waals surface area (Å²) in [6.07, 6.45) is 0. The van der Waals surface area contributed by atoms with E-state index < -0.39 is 0 Å². The van der Waals surface area contributed by atoms with Crippen LogP contribution in [0.3, 0.4) is 0 Å². The largest absolute Gasteiger partial charge is 0.263 e. The average molecular weight is 245 g/mol. The van der Waals surface area contributed by atoms with Crippen LogP contribution in [0.15, 0.2) is 41.0 Å². The van der Waals surface area contributed by atoms with Gasteiger partial charge in [0.15, 0.2) is 0 Å². The van der Waals surface area contributed by atoms with Crippen molar-refractivity contribution in [3.63, 3.8) is 0 Å². The average Bonchev–Trinajstić information content (AvgIpc) is 2.18. The zero-order valence-electron chi connectivity index (χ0n) is 7.31. The fourth-order valence-corrected chi connectivity index (χ4v) is 1.49. The minimum Gasteiger partial charge on any atom is -0.263 e. The molecule has 0 aliphatic rings. The number of hydrogen-bond donors (Lipinski definition) is 0. The van der Waals surface area contributed by atoms with Crippen LogP contribution in [0.25, 0.3) is 11.4 Å². The Bertz CT molecular complexity index is 416. The Morgan fingerprint density at radius 2 is 1.57 bits per heavy atom. The van der Waals surface area contributed by atoms with Crippen molar-refractivity contribution in [2.75, 3.05) is 0 Å². The SMILES string of the molecule is [B]c1cccc(-c2cccc(Br)n2)n1. The van der Waals surface area contributed by atoms with Gasteiger partial charge in [-0.1, -0.05) is 18.2 Å². The van der Waals surface area contributed by atoms with Gasteiger partial charge < -0.3 is 0 Å². The van der Waals surface area contributed by atoms with Gasteiger partial charge in [0, 0.05) is 0 Å². The van der Waals surface area contributed by atoms with Crippen molar-refractivity contribution in [3.05, 3.63) is 41.0 Å². The van der Waals surface area contributed by atoms with E-state index in [0.717, 1.165) is 16.0 Å². The van der Waals surface area contributed by atoms with E-state index in [1.165, 1.54) is 0 Å². The van der Waals surface area contributed by atoms with E-state index in [4.69, 9.17) is 7.85 Å². The van der Waals surface area contributed by atoms with Crippen molar-refractivity contribution in [1.82, 2.24) is 9.97 Å². The standard InChI is InChI=1S/C10H6BBrN2/c11-9-5-1-3-7(13-9)8-4-2-6-10(12)14-8/h1-6H. The Morgan fingerprint density at radius 1 is 0.929 bits per heavy atom. The third-order valence-electron chi connectivity index (χ3n) is 1.75. The lowest BCUT2D eigenvalue weighted by atomic mass is 10.0. The number of nitrogens with zero attached hydrogens (tertiary/aromatic N) is 2. The van der Waals surface area contributed by atoms with Gasteiger partial charge in [-0.25, -0.2) is 4.98 Å². The molecule has 0 aliphatic heterocycles. The molecule has 2 aromatic rings. The van der Waals surface area contributed by atoms with Crippen molar-refractivity contribution < 1.29 is 0 Å². The maximum absolute atomic E-state index is 5.58. The van der Waals surface area contributed by atoms with Crippen molar-refractivity contribution in [2.24, 2.45) is 0 Å². The molecule has 2 radical (unpaired) electrons. The zero-order chi connectivity index (χ0) is 9.97. The van der Waals surface area contributed by atoms with Crippen LogP contribution >= 0.6 is 15.9 Å². The van der Waals surface area contributed by atoms with Gasteiger partial charge in [-0.3, -0.25) is 4.98 Å². The Labute approximate surface area is 91.9 Å². The number of hydrogen-bond acceptors (Lipinski definition) is 2. The molecule has 4 heteroatoms. The van der Waals surface area contributed by atoms with Crippen molar-refractivity contribution in [1.29, 1.82) is 0 Å². The Hall–Kier alpha value is -1.16.